The van der Waals surface area contributed by atoms with Crippen molar-refractivity contribution in [2.45, 2.75) is 5.41 Å². The van der Waals surface area contributed by atoms with Crippen molar-refractivity contribution in [3.8, 4) is 28.3 Å². The van der Waals surface area contributed by atoms with Gasteiger partial charge in [0.2, 0.25) is 0 Å². The average molecular weight is 776 g/mol. The van der Waals surface area contributed by atoms with E-state index in [1.165, 1.54) is 87.5 Å². The summed E-state index contributed by atoms with van der Waals surface area (Å²) in [5.41, 5.74) is 9.88. The SMILES string of the molecule is c1ccc(-n2c3ccccc3c3c(-c4ccc(C5(c6ccccc6)c6c(c7ccccc7c7ccccc67)Oc6c5c5ccccc5c5ccccc65)cc4)cccc32)cc1. The molecule has 284 valence electrons. The Kier molecular flexibility index (Phi) is 7.26. The Morgan fingerprint density at radius 2 is 0.738 bits per heavy atom. The Morgan fingerprint density at radius 1 is 0.311 bits per heavy atom. The Labute approximate surface area is 353 Å². The second kappa shape index (κ2) is 13.0. The molecule has 1 aromatic heterocycles. The first-order valence-electron chi connectivity index (χ1n) is 21.1. The van der Waals surface area contributed by atoms with Crippen LogP contribution in [-0.2, 0) is 5.41 Å². The molecule has 0 amide bonds. The van der Waals surface area contributed by atoms with Crippen LogP contribution in [0.4, 0.5) is 0 Å². The smallest absolute Gasteiger partial charge is 0.140 e. The standard InChI is InChI=1S/C59H37NO/c1-3-18-39(19-4-1)59(40-36-34-38(35-37-40)42-31-17-33-53-54(42)51-30-15-16-32-52(51)60(53)41-20-5-2-6-21-41)55-47-26-11-7-22-43(47)45-24-9-13-28-49(45)57(55)61-58-50-29-14-10-25-46(50)44-23-8-12-27-48(44)56(58)59/h1-37H. The molecule has 0 aliphatic carbocycles. The Hall–Kier alpha value is -7.94. The van der Waals surface area contributed by atoms with Crippen molar-refractivity contribution >= 4 is 64.9 Å². The van der Waals surface area contributed by atoms with Crippen LogP contribution in [0.15, 0.2) is 224 Å². The second-order valence-electron chi connectivity index (χ2n) is 16.3. The van der Waals surface area contributed by atoms with Gasteiger partial charge in [-0.2, -0.15) is 0 Å². The molecule has 61 heavy (non-hydrogen) atoms. The molecule has 2 heteroatoms. The maximum Gasteiger partial charge on any atom is 0.140 e. The first kappa shape index (κ1) is 34.0. The van der Waals surface area contributed by atoms with Crippen molar-refractivity contribution < 1.29 is 4.74 Å². The lowest BCUT2D eigenvalue weighted by Gasteiger charge is -2.44. The maximum absolute atomic E-state index is 7.54. The fourth-order valence-corrected chi connectivity index (χ4v) is 10.8. The van der Waals surface area contributed by atoms with Crippen molar-refractivity contribution in [1.29, 1.82) is 0 Å². The number of ether oxygens (including phenoxy) is 1. The van der Waals surface area contributed by atoms with Crippen molar-refractivity contribution in [2.24, 2.45) is 0 Å². The van der Waals surface area contributed by atoms with E-state index in [9.17, 15) is 0 Å². The van der Waals surface area contributed by atoms with Crippen LogP contribution in [-0.4, -0.2) is 4.57 Å². The minimum Gasteiger partial charge on any atom is -0.455 e. The molecule has 1 aliphatic heterocycles. The van der Waals surface area contributed by atoms with E-state index in [0.29, 0.717) is 0 Å². The first-order chi connectivity index (χ1) is 30.3. The molecule has 2 nitrogen and oxygen atoms in total. The zero-order chi connectivity index (χ0) is 40.1. The molecule has 0 bridgehead atoms. The van der Waals surface area contributed by atoms with E-state index in [4.69, 9.17) is 4.74 Å². The highest BCUT2D eigenvalue weighted by atomic mass is 16.5. The molecule has 0 fully saturated rings. The summed E-state index contributed by atoms with van der Waals surface area (Å²) in [5, 5.41) is 11.9. The molecule has 2 heterocycles. The van der Waals surface area contributed by atoms with Crippen LogP contribution in [0.3, 0.4) is 0 Å². The van der Waals surface area contributed by atoms with Crippen LogP contribution < -0.4 is 4.74 Å². The lowest BCUT2D eigenvalue weighted by atomic mass is 9.61. The van der Waals surface area contributed by atoms with Crippen LogP contribution in [0.5, 0.6) is 11.5 Å². The zero-order valence-corrected chi connectivity index (χ0v) is 33.2. The summed E-state index contributed by atoms with van der Waals surface area (Å²) < 4.78 is 9.93. The van der Waals surface area contributed by atoms with Gasteiger partial charge in [0.1, 0.15) is 11.5 Å². The van der Waals surface area contributed by atoms with E-state index >= 15 is 0 Å². The minimum atomic E-state index is -0.773. The van der Waals surface area contributed by atoms with Gasteiger partial charge in [-0.15, -0.1) is 0 Å². The molecule has 13 rings (SSSR count). The molecule has 12 aromatic rings. The van der Waals surface area contributed by atoms with Crippen molar-refractivity contribution in [2.75, 3.05) is 0 Å². The van der Waals surface area contributed by atoms with Gasteiger partial charge in [0.05, 0.1) is 16.4 Å². The lowest BCUT2D eigenvalue weighted by molar-refractivity contribution is 0.449. The van der Waals surface area contributed by atoms with E-state index < -0.39 is 5.41 Å². The summed E-state index contributed by atoms with van der Waals surface area (Å²) in [5.74, 6) is 1.82. The molecule has 0 atom stereocenters. The number of rotatable bonds is 4. The summed E-state index contributed by atoms with van der Waals surface area (Å²) in [6.07, 6.45) is 0. The minimum absolute atomic E-state index is 0.773. The molecular formula is C59H37NO. The largest absolute Gasteiger partial charge is 0.455 e. The van der Waals surface area contributed by atoms with Gasteiger partial charge in [-0.1, -0.05) is 200 Å². The van der Waals surface area contributed by atoms with Crippen molar-refractivity contribution in [1.82, 2.24) is 4.57 Å². The van der Waals surface area contributed by atoms with Crippen LogP contribution >= 0.6 is 0 Å². The third-order valence-corrected chi connectivity index (χ3v) is 13.3. The molecule has 0 radical (unpaired) electrons. The predicted octanol–water partition coefficient (Wildman–Crippen LogP) is 15.6. The summed E-state index contributed by atoms with van der Waals surface area (Å²) in [6.45, 7) is 0. The number of fused-ring (bicyclic) bond motifs is 15. The Morgan fingerprint density at radius 3 is 1.31 bits per heavy atom. The fraction of sp³-hybridized carbons (Fsp3) is 0.0169. The van der Waals surface area contributed by atoms with Gasteiger partial charge in [-0.05, 0) is 78.8 Å². The third-order valence-electron chi connectivity index (χ3n) is 13.3. The van der Waals surface area contributed by atoms with Gasteiger partial charge < -0.3 is 9.30 Å². The van der Waals surface area contributed by atoms with Gasteiger partial charge >= 0.3 is 0 Å². The first-order valence-corrected chi connectivity index (χ1v) is 21.1. The van der Waals surface area contributed by atoms with E-state index in [1.807, 2.05) is 0 Å². The number of aromatic nitrogens is 1. The van der Waals surface area contributed by atoms with Gasteiger partial charge in [-0.3, -0.25) is 0 Å². The summed E-state index contributed by atoms with van der Waals surface area (Å²) in [6, 6.07) is 82.2. The molecule has 0 unspecified atom stereocenters. The lowest BCUT2D eigenvalue weighted by Crippen LogP contribution is -2.35. The fourth-order valence-electron chi connectivity index (χ4n) is 10.8. The van der Waals surface area contributed by atoms with Gasteiger partial charge in [-0.25, -0.2) is 0 Å². The van der Waals surface area contributed by atoms with Crippen molar-refractivity contribution in [3.63, 3.8) is 0 Å². The summed E-state index contributed by atoms with van der Waals surface area (Å²) >= 11 is 0. The van der Waals surface area contributed by atoms with Gasteiger partial charge in [0.25, 0.3) is 0 Å². The highest BCUT2D eigenvalue weighted by Crippen LogP contribution is 2.62. The van der Waals surface area contributed by atoms with E-state index in [1.54, 1.807) is 0 Å². The molecule has 1 aliphatic rings. The highest BCUT2D eigenvalue weighted by molar-refractivity contribution is 6.19. The number of benzene rings is 11. The van der Waals surface area contributed by atoms with E-state index in [2.05, 4.69) is 229 Å². The predicted molar refractivity (Wildman–Crippen MR) is 255 cm³/mol. The highest BCUT2D eigenvalue weighted by Gasteiger charge is 2.49. The zero-order valence-electron chi connectivity index (χ0n) is 33.2. The molecular weight excluding hydrogens is 739 g/mol. The third kappa shape index (κ3) is 4.67. The van der Waals surface area contributed by atoms with Crippen LogP contribution in [0.2, 0.25) is 0 Å². The van der Waals surface area contributed by atoms with Crippen LogP contribution in [0.25, 0.3) is 81.7 Å². The quantitative estimate of drug-likeness (QED) is 0.162. The Balaban J connectivity index is 1.17. The van der Waals surface area contributed by atoms with E-state index in [0.717, 1.165) is 28.0 Å². The summed E-state index contributed by atoms with van der Waals surface area (Å²) in [4.78, 5) is 0. The molecule has 0 saturated carbocycles. The number of hydrogen-bond donors (Lipinski definition) is 0. The van der Waals surface area contributed by atoms with Crippen molar-refractivity contribution in [3.05, 3.63) is 247 Å². The molecule has 0 saturated heterocycles. The topological polar surface area (TPSA) is 14.2 Å². The van der Waals surface area contributed by atoms with E-state index in [-0.39, 0.29) is 0 Å². The molecule has 11 aromatic carbocycles. The van der Waals surface area contributed by atoms with Gasteiger partial charge in [0.15, 0.2) is 0 Å². The van der Waals surface area contributed by atoms with Gasteiger partial charge in [0, 0.05) is 38.4 Å². The Bertz CT molecular complexity index is 3590. The maximum atomic E-state index is 7.54. The number of hydrogen-bond acceptors (Lipinski definition) is 1. The molecule has 0 spiro atoms. The average Bonchev–Trinajstić information content (AvgIpc) is 3.69. The number of nitrogens with zero attached hydrogens (tertiary/aromatic N) is 1. The molecule has 0 N–H and O–H groups in total. The second-order valence-corrected chi connectivity index (χ2v) is 16.3. The monoisotopic (exact) mass is 775 g/mol. The number of para-hydroxylation sites is 2. The van der Waals surface area contributed by atoms with Crippen LogP contribution in [0, 0.1) is 0 Å². The normalized spacial score (nSPS) is 13.2. The summed E-state index contributed by atoms with van der Waals surface area (Å²) in [7, 11) is 0. The van der Waals surface area contributed by atoms with Crippen LogP contribution in [0.1, 0.15) is 22.3 Å².